The molecule has 0 amide bonds. The van der Waals surface area contributed by atoms with Crippen molar-refractivity contribution in [2.24, 2.45) is 0 Å². The summed E-state index contributed by atoms with van der Waals surface area (Å²) in [4.78, 5) is 0. The first-order valence-electron chi connectivity index (χ1n) is 7.26. The van der Waals surface area contributed by atoms with E-state index >= 15 is 0 Å². The zero-order valence-corrected chi connectivity index (χ0v) is 13.5. The van der Waals surface area contributed by atoms with E-state index < -0.39 is 0 Å². The van der Waals surface area contributed by atoms with Crippen molar-refractivity contribution in [1.29, 1.82) is 0 Å². The Hall–Kier alpha value is -0.380. The third-order valence-corrected chi connectivity index (χ3v) is 4.78. The van der Waals surface area contributed by atoms with Gasteiger partial charge in [-0.15, -0.1) is 0 Å². The van der Waals surface area contributed by atoms with Crippen molar-refractivity contribution >= 4 is 15.9 Å². The molecule has 2 nitrogen and oxygen atoms in total. The van der Waals surface area contributed by atoms with Gasteiger partial charge in [-0.25, -0.2) is 0 Å². The van der Waals surface area contributed by atoms with E-state index in [9.17, 15) is 0 Å². The molecule has 1 aromatic carbocycles. The monoisotopic (exact) mass is 325 g/mol. The highest BCUT2D eigenvalue weighted by molar-refractivity contribution is 9.10. The Labute approximate surface area is 125 Å². The van der Waals surface area contributed by atoms with Crippen LogP contribution in [0.15, 0.2) is 28.7 Å². The van der Waals surface area contributed by atoms with Crippen LogP contribution in [0.4, 0.5) is 0 Å². The largest absolute Gasteiger partial charge is 0.374 e. The third kappa shape index (κ3) is 3.80. The Morgan fingerprint density at radius 3 is 2.84 bits per heavy atom. The maximum absolute atomic E-state index is 6.03. The minimum Gasteiger partial charge on any atom is -0.374 e. The van der Waals surface area contributed by atoms with E-state index in [-0.39, 0.29) is 5.60 Å². The first kappa shape index (κ1) is 15.0. The molecule has 0 bridgehead atoms. The molecular weight excluding hydrogens is 302 g/mol. The van der Waals surface area contributed by atoms with Crippen molar-refractivity contribution in [3.63, 3.8) is 0 Å². The summed E-state index contributed by atoms with van der Waals surface area (Å²) in [6.07, 6.45) is 4.50. The van der Waals surface area contributed by atoms with Gasteiger partial charge in [-0.1, -0.05) is 41.1 Å². The molecule has 0 saturated carbocycles. The third-order valence-electron chi connectivity index (χ3n) is 4.01. The number of benzene rings is 1. The molecule has 1 fully saturated rings. The Balaban J connectivity index is 2.11. The van der Waals surface area contributed by atoms with Gasteiger partial charge in [0.1, 0.15) is 0 Å². The lowest BCUT2D eigenvalue weighted by atomic mass is 9.88. The first-order chi connectivity index (χ1) is 9.15. The van der Waals surface area contributed by atoms with Crippen LogP contribution in [0.5, 0.6) is 0 Å². The molecule has 1 aliphatic rings. The molecule has 0 spiro atoms. The van der Waals surface area contributed by atoms with Crippen LogP contribution in [0.3, 0.4) is 0 Å². The molecule has 19 heavy (non-hydrogen) atoms. The Morgan fingerprint density at radius 2 is 2.21 bits per heavy atom. The van der Waals surface area contributed by atoms with E-state index in [2.05, 4.69) is 59.4 Å². The number of rotatable bonds is 6. The molecule has 106 valence electrons. The fourth-order valence-corrected chi connectivity index (χ4v) is 3.23. The fraction of sp³-hybridized carbons (Fsp3) is 0.625. The minimum absolute atomic E-state index is 0.0234. The second-order valence-electron chi connectivity index (χ2n) is 5.57. The van der Waals surface area contributed by atoms with Gasteiger partial charge in [0.25, 0.3) is 0 Å². The summed E-state index contributed by atoms with van der Waals surface area (Å²) in [5.41, 5.74) is 1.33. The Morgan fingerprint density at radius 1 is 1.42 bits per heavy atom. The van der Waals surface area contributed by atoms with Gasteiger partial charge in [0.2, 0.25) is 0 Å². The Kier molecular flexibility index (Phi) is 5.43. The van der Waals surface area contributed by atoms with Crippen LogP contribution >= 0.6 is 15.9 Å². The summed E-state index contributed by atoms with van der Waals surface area (Å²) in [5, 5.41) is 3.68. The highest BCUT2D eigenvalue weighted by atomic mass is 79.9. The minimum atomic E-state index is -0.0234. The van der Waals surface area contributed by atoms with E-state index in [4.69, 9.17) is 4.74 Å². The molecule has 1 N–H and O–H groups in total. The van der Waals surface area contributed by atoms with Gasteiger partial charge in [0.05, 0.1) is 5.60 Å². The van der Waals surface area contributed by atoms with Gasteiger partial charge in [-0.3, -0.25) is 0 Å². The predicted molar refractivity (Wildman–Crippen MR) is 83.5 cm³/mol. The van der Waals surface area contributed by atoms with Crippen LogP contribution in [0, 0.1) is 0 Å². The second-order valence-corrected chi connectivity index (χ2v) is 6.42. The molecule has 1 heterocycles. The predicted octanol–water partition coefficient (Wildman–Crippen LogP) is 3.93. The maximum Gasteiger partial charge on any atom is 0.0810 e. The molecule has 1 aliphatic heterocycles. The van der Waals surface area contributed by atoms with E-state index in [0.717, 1.165) is 32.4 Å². The van der Waals surface area contributed by atoms with Gasteiger partial charge < -0.3 is 10.1 Å². The number of ether oxygens (including phenoxy) is 1. The van der Waals surface area contributed by atoms with Crippen molar-refractivity contribution in [1.82, 2.24) is 5.32 Å². The van der Waals surface area contributed by atoms with E-state index in [1.807, 2.05) is 0 Å². The molecule has 0 radical (unpaired) electrons. The van der Waals surface area contributed by atoms with Gasteiger partial charge >= 0.3 is 0 Å². The van der Waals surface area contributed by atoms with Crippen LogP contribution in [0.2, 0.25) is 0 Å². The average Bonchev–Trinajstić information content (AvgIpc) is 2.84. The van der Waals surface area contributed by atoms with Gasteiger partial charge in [0.15, 0.2) is 0 Å². The van der Waals surface area contributed by atoms with Crippen molar-refractivity contribution < 1.29 is 4.74 Å². The van der Waals surface area contributed by atoms with E-state index in [1.54, 1.807) is 0 Å². The zero-order valence-electron chi connectivity index (χ0n) is 11.9. The molecule has 3 heteroatoms. The zero-order chi connectivity index (χ0) is 13.7. The number of hydrogen-bond acceptors (Lipinski definition) is 2. The van der Waals surface area contributed by atoms with Crippen LogP contribution in [-0.2, 0) is 11.2 Å². The summed E-state index contributed by atoms with van der Waals surface area (Å²) in [5.74, 6) is 0. The second kappa shape index (κ2) is 6.87. The van der Waals surface area contributed by atoms with Crippen LogP contribution in [-0.4, -0.2) is 24.8 Å². The van der Waals surface area contributed by atoms with E-state index in [0.29, 0.717) is 6.04 Å². The lowest BCUT2D eigenvalue weighted by molar-refractivity contribution is -0.0114. The molecule has 2 rings (SSSR count). The van der Waals surface area contributed by atoms with Crippen molar-refractivity contribution in [2.45, 2.75) is 51.2 Å². The average molecular weight is 326 g/mol. The summed E-state index contributed by atoms with van der Waals surface area (Å²) in [6.45, 7) is 6.41. The molecule has 1 saturated heterocycles. The van der Waals surface area contributed by atoms with Crippen LogP contribution in [0.25, 0.3) is 0 Å². The smallest absolute Gasteiger partial charge is 0.0810 e. The summed E-state index contributed by atoms with van der Waals surface area (Å²) < 4.78 is 7.23. The Bertz CT molecular complexity index is 401. The molecular formula is C16H24BrNO. The molecule has 0 aromatic heterocycles. The fourth-order valence-electron chi connectivity index (χ4n) is 2.78. The highest BCUT2D eigenvalue weighted by Gasteiger charge is 2.38. The number of hydrogen-bond donors (Lipinski definition) is 1. The highest BCUT2D eigenvalue weighted by Crippen LogP contribution is 2.31. The van der Waals surface area contributed by atoms with Crippen molar-refractivity contribution in [3.8, 4) is 0 Å². The SMILES string of the molecule is CCCNC(Cc1ccccc1Br)C1(C)CCCO1. The molecule has 1 aromatic rings. The van der Waals surface area contributed by atoms with Gasteiger partial charge in [0, 0.05) is 17.1 Å². The molecule has 0 aliphatic carbocycles. The quantitative estimate of drug-likeness (QED) is 0.855. The summed E-state index contributed by atoms with van der Waals surface area (Å²) in [7, 11) is 0. The lowest BCUT2D eigenvalue weighted by Gasteiger charge is -2.34. The maximum atomic E-state index is 6.03. The normalized spacial score (nSPS) is 24.6. The van der Waals surface area contributed by atoms with E-state index in [1.165, 1.54) is 16.5 Å². The van der Waals surface area contributed by atoms with Gasteiger partial charge in [-0.05, 0) is 50.8 Å². The number of nitrogens with one attached hydrogen (secondary N) is 1. The lowest BCUT2D eigenvalue weighted by Crippen LogP contribution is -2.50. The summed E-state index contributed by atoms with van der Waals surface area (Å²) in [6, 6.07) is 8.87. The molecule has 2 atom stereocenters. The van der Waals surface area contributed by atoms with Crippen LogP contribution in [0.1, 0.15) is 38.7 Å². The van der Waals surface area contributed by atoms with Crippen LogP contribution < -0.4 is 5.32 Å². The van der Waals surface area contributed by atoms with Gasteiger partial charge in [-0.2, -0.15) is 0 Å². The summed E-state index contributed by atoms with van der Waals surface area (Å²) >= 11 is 3.65. The number of halogens is 1. The topological polar surface area (TPSA) is 21.3 Å². The molecule has 2 unspecified atom stereocenters. The standard InChI is InChI=1S/C16H24BrNO/c1-3-10-18-15(16(2)9-6-11-19-16)12-13-7-4-5-8-14(13)17/h4-5,7-8,15,18H,3,6,9-12H2,1-2H3. The van der Waals surface area contributed by atoms with Crippen molar-refractivity contribution in [3.05, 3.63) is 34.3 Å². The van der Waals surface area contributed by atoms with Crippen molar-refractivity contribution in [2.75, 3.05) is 13.2 Å². The first-order valence-corrected chi connectivity index (χ1v) is 8.06.